The van der Waals surface area contributed by atoms with Crippen LogP contribution in [0.15, 0.2) is 46.1 Å². The first-order valence-corrected chi connectivity index (χ1v) is 11.0. The molecule has 1 heterocycles. The first-order valence-electron chi connectivity index (χ1n) is 8.98. The molecule has 0 saturated heterocycles. The molecule has 3 aromatic rings. The minimum atomic E-state index is -3.63. The fourth-order valence-corrected chi connectivity index (χ4v) is 5.06. The number of sulfonamides is 1. The molecule has 4 rings (SSSR count). The standard InChI is InChI=1S/C20H19ClN2O4S/c21-10-11-22-28(26,27)13-6-4-12(5-7-13)18-17(24)9-8-16-19(18)14-2-1-3-15(14)20(25)23-16/h4-9,22,24H,1-3,10-11H2,(H,23,25). The van der Waals surface area contributed by atoms with E-state index in [0.717, 1.165) is 35.8 Å². The summed E-state index contributed by atoms with van der Waals surface area (Å²) in [7, 11) is -3.63. The molecule has 0 saturated carbocycles. The second-order valence-corrected chi connectivity index (χ2v) is 8.90. The normalized spacial score (nSPS) is 13.8. The van der Waals surface area contributed by atoms with Gasteiger partial charge in [-0.2, -0.15) is 0 Å². The van der Waals surface area contributed by atoms with Crippen LogP contribution in [-0.2, 0) is 22.9 Å². The third-order valence-electron chi connectivity index (χ3n) is 5.07. The number of aromatic amines is 1. The lowest BCUT2D eigenvalue weighted by Crippen LogP contribution is -2.25. The third kappa shape index (κ3) is 3.19. The number of aryl methyl sites for hydroxylation is 1. The summed E-state index contributed by atoms with van der Waals surface area (Å²) >= 11 is 5.55. The second-order valence-electron chi connectivity index (χ2n) is 6.76. The van der Waals surface area contributed by atoms with Crippen molar-refractivity contribution in [3.05, 3.63) is 57.9 Å². The Bertz CT molecular complexity index is 1220. The van der Waals surface area contributed by atoms with E-state index in [1.54, 1.807) is 24.3 Å². The summed E-state index contributed by atoms with van der Waals surface area (Å²) in [4.78, 5) is 15.3. The molecule has 6 nitrogen and oxygen atoms in total. The van der Waals surface area contributed by atoms with E-state index >= 15 is 0 Å². The summed E-state index contributed by atoms with van der Waals surface area (Å²) in [6.07, 6.45) is 2.40. The number of aromatic hydroxyl groups is 1. The third-order valence-corrected chi connectivity index (χ3v) is 6.73. The molecular formula is C20H19ClN2O4S. The van der Waals surface area contributed by atoms with Crippen molar-refractivity contribution in [2.45, 2.75) is 24.2 Å². The van der Waals surface area contributed by atoms with Crippen LogP contribution in [0, 0.1) is 0 Å². The Hall–Kier alpha value is -2.35. The van der Waals surface area contributed by atoms with Crippen LogP contribution >= 0.6 is 11.6 Å². The number of hydrogen-bond acceptors (Lipinski definition) is 4. The van der Waals surface area contributed by atoms with Gasteiger partial charge >= 0.3 is 0 Å². The van der Waals surface area contributed by atoms with Gasteiger partial charge in [-0.1, -0.05) is 12.1 Å². The van der Waals surface area contributed by atoms with E-state index in [9.17, 15) is 18.3 Å². The zero-order valence-corrected chi connectivity index (χ0v) is 16.5. The van der Waals surface area contributed by atoms with Crippen molar-refractivity contribution in [2.24, 2.45) is 0 Å². The Labute approximate surface area is 167 Å². The number of pyridine rings is 1. The maximum atomic E-state index is 12.3. The number of H-pyrrole nitrogens is 1. The number of hydrogen-bond donors (Lipinski definition) is 3. The highest BCUT2D eigenvalue weighted by molar-refractivity contribution is 7.89. The number of nitrogens with one attached hydrogen (secondary N) is 2. The molecule has 146 valence electrons. The molecule has 8 heteroatoms. The van der Waals surface area contributed by atoms with E-state index in [2.05, 4.69) is 9.71 Å². The lowest BCUT2D eigenvalue weighted by molar-refractivity contribution is 0.478. The van der Waals surface area contributed by atoms with Gasteiger partial charge in [-0.15, -0.1) is 11.6 Å². The molecular weight excluding hydrogens is 400 g/mol. The van der Waals surface area contributed by atoms with Gasteiger partial charge in [0.1, 0.15) is 5.75 Å². The molecule has 0 radical (unpaired) electrons. The molecule has 0 amide bonds. The zero-order valence-electron chi connectivity index (χ0n) is 15.0. The van der Waals surface area contributed by atoms with Crippen LogP contribution in [0.4, 0.5) is 0 Å². The Balaban J connectivity index is 1.87. The number of fused-ring (bicyclic) bond motifs is 3. The van der Waals surface area contributed by atoms with Crippen molar-refractivity contribution in [3.8, 4) is 16.9 Å². The number of benzene rings is 2. The fourth-order valence-electron chi connectivity index (χ4n) is 3.83. The highest BCUT2D eigenvalue weighted by Gasteiger charge is 2.22. The molecule has 28 heavy (non-hydrogen) atoms. The average Bonchev–Trinajstić information content (AvgIpc) is 3.18. The van der Waals surface area contributed by atoms with Gasteiger partial charge in [0.2, 0.25) is 10.0 Å². The Kier molecular flexibility index (Phi) is 4.91. The zero-order chi connectivity index (χ0) is 19.9. The van der Waals surface area contributed by atoms with Crippen molar-refractivity contribution >= 4 is 32.5 Å². The number of alkyl halides is 1. The van der Waals surface area contributed by atoms with Gasteiger partial charge in [0.05, 0.1) is 4.90 Å². The lowest BCUT2D eigenvalue weighted by Gasteiger charge is -2.14. The number of phenolic OH excluding ortho intramolecular Hbond substituents is 1. The van der Waals surface area contributed by atoms with Crippen LogP contribution in [0.25, 0.3) is 22.0 Å². The first-order chi connectivity index (χ1) is 13.4. The molecule has 0 aliphatic heterocycles. The van der Waals surface area contributed by atoms with Crippen LogP contribution < -0.4 is 10.3 Å². The predicted octanol–water partition coefficient (Wildman–Crippen LogP) is 2.91. The molecule has 0 fully saturated rings. The van der Waals surface area contributed by atoms with E-state index in [1.807, 2.05) is 0 Å². The molecule has 0 unspecified atom stereocenters. The highest BCUT2D eigenvalue weighted by atomic mass is 35.5. The molecule has 1 aromatic heterocycles. The Morgan fingerprint density at radius 3 is 2.50 bits per heavy atom. The summed E-state index contributed by atoms with van der Waals surface area (Å²) < 4.78 is 26.9. The Morgan fingerprint density at radius 1 is 1.07 bits per heavy atom. The van der Waals surface area contributed by atoms with Crippen LogP contribution in [-0.4, -0.2) is 30.9 Å². The smallest absolute Gasteiger partial charge is 0.251 e. The summed E-state index contributed by atoms with van der Waals surface area (Å²) in [5.74, 6) is 0.273. The molecule has 0 spiro atoms. The predicted molar refractivity (Wildman–Crippen MR) is 110 cm³/mol. The van der Waals surface area contributed by atoms with E-state index < -0.39 is 10.0 Å². The molecule has 0 bridgehead atoms. The van der Waals surface area contributed by atoms with Gasteiger partial charge < -0.3 is 10.1 Å². The van der Waals surface area contributed by atoms with E-state index in [1.165, 1.54) is 12.1 Å². The monoisotopic (exact) mass is 418 g/mol. The summed E-state index contributed by atoms with van der Waals surface area (Å²) in [5.41, 5.74) is 3.60. The van der Waals surface area contributed by atoms with Crippen molar-refractivity contribution < 1.29 is 13.5 Å². The molecule has 2 aromatic carbocycles. The maximum absolute atomic E-state index is 12.3. The summed E-state index contributed by atoms with van der Waals surface area (Å²) in [5, 5.41) is 11.4. The quantitative estimate of drug-likeness (QED) is 0.555. The minimum absolute atomic E-state index is 0.0801. The largest absolute Gasteiger partial charge is 0.507 e. The van der Waals surface area contributed by atoms with E-state index in [-0.39, 0.29) is 28.6 Å². The van der Waals surface area contributed by atoms with Gasteiger partial charge in [0.15, 0.2) is 0 Å². The van der Waals surface area contributed by atoms with Gasteiger partial charge in [-0.25, -0.2) is 13.1 Å². The van der Waals surface area contributed by atoms with Crippen LogP contribution in [0.1, 0.15) is 17.5 Å². The second kappa shape index (κ2) is 7.24. The van der Waals surface area contributed by atoms with Crippen molar-refractivity contribution in [1.29, 1.82) is 0 Å². The van der Waals surface area contributed by atoms with Gasteiger partial charge in [-0.05, 0) is 54.7 Å². The van der Waals surface area contributed by atoms with Crippen LogP contribution in [0.3, 0.4) is 0 Å². The number of aromatic nitrogens is 1. The van der Waals surface area contributed by atoms with Crippen molar-refractivity contribution in [3.63, 3.8) is 0 Å². The van der Waals surface area contributed by atoms with Crippen molar-refractivity contribution in [2.75, 3.05) is 12.4 Å². The fraction of sp³-hybridized carbons (Fsp3) is 0.250. The molecule has 0 atom stereocenters. The maximum Gasteiger partial charge on any atom is 0.251 e. The highest BCUT2D eigenvalue weighted by Crippen LogP contribution is 2.40. The minimum Gasteiger partial charge on any atom is -0.507 e. The average molecular weight is 419 g/mol. The number of rotatable bonds is 5. The molecule has 1 aliphatic rings. The van der Waals surface area contributed by atoms with Crippen LogP contribution in [0.5, 0.6) is 5.75 Å². The molecule has 1 aliphatic carbocycles. The first kappa shape index (κ1) is 19.0. The molecule has 3 N–H and O–H groups in total. The Morgan fingerprint density at radius 2 is 1.79 bits per heavy atom. The van der Waals surface area contributed by atoms with Gasteiger partial charge in [0, 0.05) is 34.5 Å². The van der Waals surface area contributed by atoms with E-state index in [4.69, 9.17) is 11.6 Å². The SMILES string of the molecule is O=c1[nH]c2ccc(O)c(-c3ccc(S(=O)(=O)NCCCl)cc3)c2c2c1CCC2. The van der Waals surface area contributed by atoms with Crippen molar-refractivity contribution in [1.82, 2.24) is 9.71 Å². The summed E-state index contributed by atoms with van der Waals surface area (Å²) in [6, 6.07) is 9.56. The topological polar surface area (TPSA) is 99.3 Å². The van der Waals surface area contributed by atoms with Crippen LogP contribution in [0.2, 0.25) is 0 Å². The number of phenols is 1. The summed E-state index contributed by atoms with van der Waals surface area (Å²) in [6.45, 7) is 0.148. The lowest BCUT2D eigenvalue weighted by atomic mass is 9.94. The van der Waals surface area contributed by atoms with Gasteiger partial charge in [0.25, 0.3) is 5.56 Å². The number of halogens is 1. The van der Waals surface area contributed by atoms with Gasteiger partial charge in [-0.3, -0.25) is 4.79 Å². The van der Waals surface area contributed by atoms with E-state index in [0.29, 0.717) is 16.6 Å².